The second-order valence-corrected chi connectivity index (χ2v) is 4.23. The molecule has 0 atom stereocenters. The Morgan fingerprint density at radius 3 is 2.88 bits per heavy atom. The molecule has 0 radical (unpaired) electrons. The lowest BCUT2D eigenvalue weighted by atomic mass is 10.3. The second kappa shape index (κ2) is 3.73. The van der Waals surface area contributed by atoms with Crippen molar-refractivity contribution in [2.24, 2.45) is 4.99 Å². The monoisotopic (exact) mass is 218 g/mol. The number of ether oxygens (including phenoxy) is 1. The smallest absolute Gasteiger partial charge is 0.319 e. The second-order valence-electron chi connectivity index (χ2n) is 4.23. The van der Waals surface area contributed by atoms with E-state index in [-0.39, 0.29) is 6.10 Å². The summed E-state index contributed by atoms with van der Waals surface area (Å²) in [5, 5.41) is 0. The Morgan fingerprint density at radius 1 is 1.25 bits per heavy atom. The number of nitrogen functional groups attached to an aromatic ring is 1. The highest BCUT2D eigenvalue weighted by Crippen LogP contribution is 2.30. The van der Waals surface area contributed by atoms with Gasteiger partial charge in [-0.15, -0.1) is 0 Å². The van der Waals surface area contributed by atoms with Crippen molar-refractivity contribution < 1.29 is 4.74 Å². The Kier molecular flexibility index (Phi) is 2.23. The van der Waals surface area contributed by atoms with Gasteiger partial charge in [0.25, 0.3) is 0 Å². The topological polar surface area (TPSA) is 73.4 Å². The number of anilines is 1. The minimum Gasteiger partial charge on any atom is -0.460 e. The van der Waals surface area contributed by atoms with Crippen molar-refractivity contribution in [1.82, 2.24) is 9.97 Å². The molecule has 16 heavy (non-hydrogen) atoms. The molecule has 1 aliphatic carbocycles. The predicted octanol–water partition coefficient (Wildman–Crippen LogP) is 1.64. The first-order valence-corrected chi connectivity index (χ1v) is 5.68. The maximum Gasteiger partial charge on any atom is 0.319 e. The summed E-state index contributed by atoms with van der Waals surface area (Å²) in [6.45, 7) is 0. The zero-order chi connectivity index (χ0) is 11.0. The van der Waals surface area contributed by atoms with Gasteiger partial charge in [-0.3, -0.25) is 4.99 Å². The Labute approximate surface area is 93.8 Å². The fraction of sp³-hybridized carbons (Fsp3) is 0.545. The number of rotatable bonds is 2. The fourth-order valence-electron chi connectivity index (χ4n) is 2.21. The molecular formula is C11H14N4O. The molecule has 1 aliphatic heterocycles. The molecule has 1 saturated carbocycles. The number of hydrogen-bond donors (Lipinski definition) is 1. The van der Waals surface area contributed by atoms with Gasteiger partial charge >= 0.3 is 6.01 Å². The van der Waals surface area contributed by atoms with Crippen LogP contribution in [0, 0.1) is 0 Å². The van der Waals surface area contributed by atoms with Gasteiger partial charge in [0.15, 0.2) is 5.82 Å². The average Bonchev–Trinajstić information content (AvgIpc) is 2.87. The Balaban J connectivity index is 1.83. The molecule has 0 unspecified atom stereocenters. The normalized spacial score (nSPS) is 19.0. The first kappa shape index (κ1) is 9.57. The Bertz CT molecular complexity index is 438. The van der Waals surface area contributed by atoms with E-state index in [4.69, 9.17) is 10.5 Å². The van der Waals surface area contributed by atoms with Crippen LogP contribution in [0.25, 0.3) is 0 Å². The molecule has 84 valence electrons. The van der Waals surface area contributed by atoms with E-state index in [1.165, 1.54) is 12.8 Å². The van der Waals surface area contributed by atoms with Crippen LogP contribution in [0.4, 0.5) is 11.5 Å². The van der Waals surface area contributed by atoms with E-state index in [1.54, 1.807) is 6.21 Å². The Hall–Kier alpha value is -1.65. The van der Waals surface area contributed by atoms with Gasteiger partial charge in [0, 0.05) is 12.6 Å². The van der Waals surface area contributed by atoms with Crippen molar-refractivity contribution in [3.8, 4) is 6.01 Å². The molecule has 0 saturated heterocycles. The van der Waals surface area contributed by atoms with E-state index in [0.29, 0.717) is 17.5 Å². The quantitative estimate of drug-likeness (QED) is 0.818. The Morgan fingerprint density at radius 2 is 2.06 bits per heavy atom. The number of nitrogens with zero attached hydrogens (tertiary/aromatic N) is 3. The standard InChI is InChI=1S/C11H14N4O/c12-10-9-8(5-6-13-9)14-11(15-10)16-7-3-1-2-4-7/h6-7H,1-5H2,(H2,12,14,15). The summed E-state index contributed by atoms with van der Waals surface area (Å²) in [7, 11) is 0. The SMILES string of the molecule is Nc1nc(OC2CCCC2)nc2c1N=CC2. The van der Waals surface area contributed by atoms with E-state index in [0.717, 1.165) is 25.0 Å². The van der Waals surface area contributed by atoms with Gasteiger partial charge in [0.05, 0.1) is 5.69 Å². The first-order valence-electron chi connectivity index (χ1n) is 5.68. The van der Waals surface area contributed by atoms with Crippen LogP contribution in [0.3, 0.4) is 0 Å². The summed E-state index contributed by atoms with van der Waals surface area (Å²) in [6.07, 6.45) is 7.44. The van der Waals surface area contributed by atoms with Crippen molar-refractivity contribution in [1.29, 1.82) is 0 Å². The van der Waals surface area contributed by atoms with Gasteiger partial charge in [-0.05, 0) is 25.7 Å². The lowest BCUT2D eigenvalue weighted by Crippen LogP contribution is -2.14. The molecular weight excluding hydrogens is 204 g/mol. The van der Waals surface area contributed by atoms with Crippen molar-refractivity contribution in [3.63, 3.8) is 0 Å². The largest absolute Gasteiger partial charge is 0.460 e. The zero-order valence-corrected chi connectivity index (χ0v) is 9.02. The highest BCUT2D eigenvalue weighted by atomic mass is 16.5. The molecule has 1 aromatic heterocycles. The van der Waals surface area contributed by atoms with Gasteiger partial charge in [-0.25, -0.2) is 0 Å². The van der Waals surface area contributed by atoms with Crippen LogP contribution in [-0.2, 0) is 6.42 Å². The molecule has 3 rings (SSSR count). The van der Waals surface area contributed by atoms with Gasteiger partial charge in [-0.1, -0.05) is 0 Å². The molecule has 2 heterocycles. The summed E-state index contributed by atoms with van der Waals surface area (Å²) >= 11 is 0. The van der Waals surface area contributed by atoms with Crippen LogP contribution in [0.5, 0.6) is 6.01 Å². The van der Waals surface area contributed by atoms with Gasteiger partial charge in [0.2, 0.25) is 0 Å². The third-order valence-electron chi connectivity index (χ3n) is 3.04. The van der Waals surface area contributed by atoms with Crippen LogP contribution >= 0.6 is 0 Å². The van der Waals surface area contributed by atoms with Crippen molar-refractivity contribution in [2.45, 2.75) is 38.2 Å². The average molecular weight is 218 g/mol. The number of aromatic nitrogens is 2. The van der Waals surface area contributed by atoms with Gasteiger partial charge < -0.3 is 10.5 Å². The number of fused-ring (bicyclic) bond motifs is 1. The van der Waals surface area contributed by atoms with E-state index in [2.05, 4.69) is 15.0 Å². The zero-order valence-electron chi connectivity index (χ0n) is 9.02. The van der Waals surface area contributed by atoms with Crippen LogP contribution in [0.15, 0.2) is 4.99 Å². The molecule has 1 aromatic rings. The van der Waals surface area contributed by atoms with Crippen LogP contribution < -0.4 is 10.5 Å². The van der Waals surface area contributed by atoms with Gasteiger partial charge in [0.1, 0.15) is 11.8 Å². The third-order valence-corrected chi connectivity index (χ3v) is 3.04. The molecule has 2 aliphatic rings. The summed E-state index contributed by atoms with van der Waals surface area (Å²) < 4.78 is 5.72. The van der Waals surface area contributed by atoms with Crippen LogP contribution in [-0.4, -0.2) is 22.3 Å². The fourth-order valence-corrected chi connectivity index (χ4v) is 2.21. The van der Waals surface area contributed by atoms with Gasteiger partial charge in [-0.2, -0.15) is 9.97 Å². The first-order chi connectivity index (χ1) is 7.83. The van der Waals surface area contributed by atoms with E-state index >= 15 is 0 Å². The maximum atomic E-state index is 5.80. The predicted molar refractivity (Wildman–Crippen MR) is 61.2 cm³/mol. The van der Waals surface area contributed by atoms with E-state index in [1.807, 2.05) is 0 Å². The molecule has 0 amide bonds. The summed E-state index contributed by atoms with van der Waals surface area (Å²) in [6, 6.07) is 0.411. The van der Waals surface area contributed by atoms with E-state index in [9.17, 15) is 0 Å². The molecule has 2 N–H and O–H groups in total. The third kappa shape index (κ3) is 1.62. The molecule has 5 nitrogen and oxygen atoms in total. The highest BCUT2D eigenvalue weighted by molar-refractivity contribution is 5.79. The van der Waals surface area contributed by atoms with Crippen LogP contribution in [0.2, 0.25) is 0 Å². The lowest BCUT2D eigenvalue weighted by molar-refractivity contribution is 0.192. The van der Waals surface area contributed by atoms with Crippen molar-refractivity contribution in [3.05, 3.63) is 5.69 Å². The van der Waals surface area contributed by atoms with E-state index < -0.39 is 0 Å². The summed E-state index contributed by atoms with van der Waals surface area (Å²) in [5.74, 6) is 0.423. The highest BCUT2D eigenvalue weighted by Gasteiger charge is 2.20. The number of hydrogen-bond acceptors (Lipinski definition) is 5. The summed E-state index contributed by atoms with van der Waals surface area (Å²) in [4.78, 5) is 12.6. The van der Waals surface area contributed by atoms with Crippen LogP contribution in [0.1, 0.15) is 31.4 Å². The molecule has 5 heteroatoms. The van der Waals surface area contributed by atoms with Crippen molar-refractivity contribution in [2.75, 3.05) is 5.73 Å². The number of nitrogens with two attached hydrogens (primary N) is 1. The summed E-state index contributed by atoms with van der Waals surface area (Å²) in [5.41, 5.74) is 7.38. The molecule has 0 spiro atoms. The minimum atomic E-state index is 0.264. The molecule has 0 bridgehead atoms. The molecule has 1 fully saturated rings. The molecule has 0 aromatic carbocycles. The lowest BCUT2D eigenvalue weighted by Gasteiger charge is -2.12. The minimum absolute atomic E-state index is 0.264. The maximum absolute atomic E-state index is 5.80. The number of aliphatic imine (C=N–C) groups is 1. The van der Waals surface area contributed by atoms with Crippen molar-refractivity contribution >= 4 is 17.7 Å².